The average molecular weight is 571 g/mol. The highest BCUT2D eigenvalue weighted by Crippen LogP contribution is 2.38. The van der Waals surface area contributed by atoms with Gasteiger partial charge in [0.2, 0.25) is 9.84 Å². The molecule has 0 aliphatic carbocycles. The predicted molar refractivity (Wildman–Crippen MR) is 149 cm³/mol. The summed E-state index contributed by atoms with van der Waals surface area (Å²) in [5.74, 6) is -2.00. The monoisotopic (exact) mass is 571 g/mol. The lowest BCUT2D eigenvalue weighted by Gasteiger charge is -2.32. The van der Waals surface area contributed by atoms with Crippen LogP contribution in [-0.4, -0.2) is 63.5 Å². The Balaban J connectivity index is 1.77. The van der Waals surface area contributed by atoms with E-state index in [0.717, 1.165) is 6.07 Å². The molecule has 2 heterocycles. The zero-order chi connectivity index (χ0) is 29.9. The Kier molecular flexibility index (Phi) is 7.66. The lowest BCUT2D eigenvalue weighted by atomic mass is 9.78. The number of benzene rings is 2. The first kappa shape index (κ1) is 30.4. The summed E-state index contributed by atoms with van der Waals surface area (Å²) >= 11 is 0. The molecule has 2 aromatic carbocycles. The van der Waals surface area contributed by atoms with Gasteiger partial charge in [0.1, 0.15) is 0 Å². The summed E-state index contributed by atoms with van der Waals surface area (Å²) in [4.78, 5) is 24.2. The van der Waals surface area contributed by atoms with Crippen LogP contribution in [0.1, 0.15) is 65.7 Å². The Morgan fingerprint density at radius 1 is 0.750 bits per heavy atom. The van der Waals surface area contributed by atoms with Crippen LogP contribution in [0.15, 0.2) is 52.3 Å². The van der Waals surface area contributed by atoms with Crippen LogP contribution >= 0.6 is 0 Å². The van der Waals surface area contributed by atoms with Crippen LogP contribution in [0.25, 0.3) is 0 Å². The van der Waals surface area contributed by atoms with Crippen molar-refractivity contribution >= 4 is 46.9 Å². The molecule has 2 N–H and O–H groups in total. The van der Waals surface area contributed by atoms with E-state index in [1.165, 1.54) is 24.3 Å². The number of ether oxygens (including phenoxy) is 1. The van der Waals surface area contributed by atoms with E-state index in [1.54, 1.807) is 12.1 Å². The molecule has 214 valence electrons. The molecular formula is C27H35B2NO9S. The number of rotatable bonds is 6. The number of hydrogen-bond donors (Lipinski definition) is 1. The quantitative estimate of drug-likeness (QED) is 0.310. The summed E-state index contributed by atoms with van der Waals surface area (Å²) in [6.07, 6.45) is 0. The van der Waals surface area contributed by atoms with Gasteiger partial charge in [-0.1, -0.05) is 12.1 Å². The average Bonchev–Trinajstić information content (AvgIpc) is 3.23. The number of esters is 2. The normalized spacial score (nSPS) is 20.9. The molecule has 13 heteroatoms. The van der Waals surface area contributed by atoms with E-state index >= 15 is 0 Å². The largest absolute Gasteiger partial charge is 0.494 e. The zero-order valence-corrected chi connectivity index (χ0v) is 24.9. The number of hydrogen-bond acceptors (Lipinski definition) is 10. The minimum atomic E-state index is -4.19. The summed E-state index contributed by atoms with van der Waals surface area (Å²) in [7, 11) is -5.94. The third kappa shape index (κ3) is 5.50. The molecule has 2 saturated heterocycles. The highest BCUT2D eigenvalue weighted by molar-refractivity contribution is 7.91. The van der Waals surface area contributed by atoms with Crippen LogP contribution in [-0.2, 0) is 38.0 Å². The van der Waals surface area contributed by atoms with Crippen molar-refractivity contribution in [2.24, 2.45) is 5.73 Å². The van der Waals surface area contributed by atoms with Gasteiger partial charge in [0, 0.05) is 0 Å². The van der Waals surface area contributed by atoms with Crippen molar-refractivity contribution in [3.63, 3.8) is 0 Å². The minimum Gasteiger partial charge on any atom is -0.399 e. The maximum absolute atomic E-state index is 13.9. The fraction of sp³-hybridized carbons (Fsp3) is 0.481. The second kappa shape index (κ2) is 10.1. The molecule has 4 rings (SSSR count). The molecule has 0 radical (unpaired) electrons. The third-order valence-corrected chi connectivity index (χ3v) is 9.80. The zero-order valence-electron chi connectivity index (χ0n) is 24.1. The molecule has 2 aliphatic rings. The Bertz CT molecular complexity index is 1420. The van der Waals surface area contributed by atoms with Crippen molar-refractivity contribution < 1.29 is 41.4 Å². The molecule has 10 nitrogen and oxygen atoms in total. The van der Waals surface area contributed by atoms with E-state index < -0.39 is 65.0 Å². The van der Waals surface area contributed by atoms with Crippen molar-refractivity contribution in [1.29, 1.82) is 0 Å². The van der Waals surface area contributed by atoms with Gasteiger partial charge in [-0.05, 0) is 96.6 Å². The second-order valence-electron chi connectivity index (χ2n) is 12.0. The maximum Gasteiger partial charge on any atom is 0.494 e. The molecule has 2 aromatic rings. The lowest BCUT2D eigenvalue weighted by Crippen LogP contribution is -2.41. The number of sulfone groups is 1. The topological polar surface area (TPSA) is 140 Å². The Morgan fingerprint density at radius 2 is 1.23 bits per heavy atom. The van der Waals surface area contributed by atoms with Gasteiger partial charge in [0.05, 0.1) is 44.3 Å². The number of carbonyl (C=O) groups is 2. The SMILES string of the molecule is CC1(C)OB(c2cccc(S(=O)(=O)c3cc(B4OC(C)(C)C(C)(C)O4)cc(C(=O)OC(=O)CN)c3)c2)OC1(C)C. The highest BCUT2D eigenvalue weighted by Gasteiger charge is 2.53. The van der Waals surface area contributed by atoms with Gasteiger partial charge in [-0.15, -0.1) is 0 Å². The van der Waals surface area contributed by atoms with Crippen LogP contribution < -0.4 is 16.7 Å². The molecular weight excluding hydrogens is 536 g/mol. The lowest BCUT2D eigenvalue weighted by molar-refractivity contribution is -0.136. The first-order valence-corrected chi connectivity index (χ1v) is 14.4. The van der Waals surface area contributed by atoms with Gasteiger partial charge in [-0.25, -0.2) is 13.2 Å². The van der Waals surface area contributed by atoms with Crippen LogP contribution in [0.3, 0.4) is 0 Å². The third-order valence-electron chi connectivity index (χ3n) is 8.07. The van der Waals surface area contributed by atoms with Gasteiger partial charge in [-0.3, -0.25) is 4.79 Å². The first-order chi connectivity index (χ1) is 18.3. The van der Waals surface area contributed by atoms with Crippen molar-refractivity contribution in [1.82, 2.24) is 0 Å². The molecule has 40 heavy (non-hydrogen) atoms. The second-order valence-corrected chi connectivity index (χ2v) is 14.0. The fourth-order valence-corrected chi connectivity index (χ4v) is 5.55. The van der Waals surface area contributed by atoms with Crippen molar-refractivity contribution in [2.75, 3.05) is 6.54 Å². The first-order valence-electron chi connectivity index (χ1n) is 13.0. The van der Waals surface area contributed by atoms with E-state index in [2.05, 4.69) is 0 Å². The molecule has 2 fully saturated rings. The van der Waals surface area contributed by atoms with Crippen LogP contribution in [0.2, 0.25) is 0 Å². The summed E-state index contributed by atoms with van der Waals surface area (Å²) in [5.41, 5.74) is 3.24. The van der Waals surface area contributed by atoms with Crippen molar-refractivity contribution in [2.45, 2.75) is 87.6 Å². The maximum atomic E-state index is 13.9. The standard InChI is InChI=1S/C27H35B2NO9S/c1-24(2)25(3,4)37-28(36-24)18-10-9-11-20(14-18)40(33,34)21-13-17(23(32)35-22(31)16-30)12-19(15-21)29-38-26(5,6)27(7,8)39-29/h9-15H,16,30H2,1-8H3. The molecule has 0 saturated carbocycles. The smallest absolute Gasteiger partial charge is 0.399 e. The van der Waals surface area contributed by atoms with Crippen LogP contribution in [0, 0.1) is 0 Å². The molecule has 2 aliphatic heterocycles. The molecule has 0 bridgehead atoms. The summed E-state index contributed by atoms with van der Waals surface area (Å²) in [5, 5.41) is 0. The molecule has 0 atom stereocenters. The van der Waals surface area contributed by atoms with Crippen molar-refractivity contribution in [3.8, 4) is 0 Å². The summed E-state index contributed by atoms with van der Waals surface area (Å²) in [6.45, 7) is 14.5. The summed E-state index contributed by atoms with van der Waals surface area (Å²) < 4.78 is 57.0. The van der Waals surface area contributed by atoms with Gasteiger partial charge in [-0.2, -0.15) is 0 Å². The van der Waals surface area contributed by atoms with Gasteiger partial charge in [0.15, 0.2) is 0 Å². The van der Waals surface area contributed by atoms with E-state index in [1.807, 2.05) is 55.4 Å². The van der Waals surface area contributed by atoms with Gasteiger partial charge < -0.3 is 29.1 Å². The van der Waals surface area contributed by atoms with E-state index in [0.29, 0.717) is 5.46 Å². The predicted octanol–water partition coefficient (Wildman–Crippen LogP) is 1.76. The van der Waals surface area contributed by atoms with Gasteiger partial charge in [0.25, 0.3) is 0 Å². The minimum absolute atomic E-state index is 0.0388. The summed E-state index contributed by atoms with van der Waals surface area (Å²) in [6, 6.07) is 10.2. The Hall–Kier alpha value is -2.54. The number of nitrogens with two attached hydrogens (primary N) is 1. The van der Waals surface area contributed by atoms with Gasteiger partial charge >= 0.3 is 26.2 Å². The molecule has 0 amide bonds. The fourth-order valence-electron chi connectivity index (χ4n) is 4.16. The number of carbonyl (C=O) groups excluding carboxylic acids is 2. The van der Waals surface area contributed by atoms with Crippen LogP contribution in [0.5, 0.6) is 0 Å². The Morgan fingerprint density at radius 3 is 1.73 bits per heavy atom. The van der Waals surface area contributed by atoms with E-state index in [-0.39, 0.29) is 20.8 Å². The Labute approximate surface area is 236 Å². The molecule has 0 unspecified atom stereocenters. The molecule has 0 spiro atoms. The highest BCUT2D eigenvalue weighted by atomic mass is 32.2. The van der Waals surface area contributed by atoms with E-state index in [4.69, 9.17) is 29.1 Å². The molecule has 0 aromatic heterocycles. The van der Waals surface area contributed by atoms with Crippen molar-refractivity contribution in [3.05, 3.63) is 48.0 Å². The van der Waals surface area contributed by atoms with E-state index in [9.17, 15) is 18.0 Å². The van der Waals surface area contributed by atoms with Crippen LogP contribution in [0.4, 0.5) is 0 Å².